The molecule has 0 bridgehead atoms. The molecule has 1 fully saturated rings. The second-order valence-corrected chi connectivity index (χ2v) is 6.26. The van der Waals surface area contributed by atoms with Crippen LogP contribution in [0.5, 0.6) is 0 Å². The fourth-order valence-corrected chi connectivity index (χ4v) is 3.12. The average Bonchev–Trinajstić information content (AvgIpc) is 2.90. The summed E-state index contributed by atoms with van der Waals surface area (Å²) in [4.78, 5) is 19.0. The zero-order chi connectivity index (χ0) is 15.4. The van der Waals surface area contributed by atoms with E-state index in [0.717, 1.165) is 18.1 Å². The predicted octanol–water partition coefficient (Wildman–Crippen LogP) is 1.64. The van der Waals surface area contributed by atoms with Gasteiger partial charge in [0.2, 0.25) is 0 Å². The van der Waals surface area contributed by atoms with Crippen LogP contribution in [0.4, 0.5) is 0 Å². The van der Waals surface area contributed by atoms with Crippen molar-refractivity contribution in [1.29, 1.82) is 0 Å². The third kappa shape index (κ3) is 3.75. The van der Waals surface area contributed by atoms with Crippen LogP contribution in [-0.4, -0.2) is 60.4 Å². The van der Waals surface area contributed by atoms with Crippen LogP contribution in [0.25, 0.3) is 0 Å². The van der Waals surface area contributed by atoms with E-state index in [0.29, 0.717) is 11.6 Å². The second kappa shape index (κ2) is 7.24. The molecule has 1 aromatic rings. The summed E-state index contributed by atoms with van der Waals surface area (Å²) in [6.07, 6.45) is 3.66. The quantitative estimate of drug-likeness (QED) is 0.838. The van der Waals surface area contributed by atoms with Crippen LogP contribution in [-0.2, 0) is 4.74 Å². The predicted molar refractivity (Wildman–Crippen MR) is 84.8 cm³/mol. The molecule has 2 atom stereocenters. The van der Waals surface area contributed by atoms with Crippen molar-refractivity contribution in [3.8, 4) is 0 Å². The average molecular weight is 309 g/mol. The molecule has 1 saturated heterocycles. The second-order valence-electron chi connectivity index (χ2n) is 5.46. The molecule has 2 heterocycles. The molecule has 0 saturated carbocycles. The van der Waals surface area contributed by atoms with Gasteiger partial charge < -0.3 is 10.1 Å². The van der Waals surface area contributed by atoms with Crippen LogP contribution in [0.3, 0.4) is 0 Å². The number of rotatable bonds is 5. The zero-order valence-electron chi connectivity index (χ0n) is 13.0. The number of hydrogen-bond donors (Lipinski definition) is 1. The molecule has 0 radical (unpaired) electrons. The van der Waals surface area contributed by atoms with Gasteiger partial charge in [-0.2, -0.15) is 0 Å². The molecular formula is C15H23N3O2S. The Morgan fingerprint density at radius 3 is 2.90 bits per heavy atom. The van der Waals surface area contributed by atoms with Gasteiger partial charge in [-0.3, -0.25) is 9.69 Å². The summed E-state index contributed by atoms with van der Waals surface area (Å²) in [5, 5.41) is 3.85. The molecule has 21 heavy (non-hydrogen) atoms. The van der Waals surface area contributed by atoms with Gasteiger partial charge in [-0.15, -0.1) is 11.8 Å². The van der Waals surface area contributed by atoms with E-state index in [1.165, 1.54) is 11.8 Å². The van der Waals surface area contributed by atoms with Crippen molar-refractivity contribution in [2.24, 2.45) is 0 Å². The van der Waals surface area contributed by atoms with Crippen LogP contribution >= 0.6 is 11.8 Å². The third-order valence-electron chi connectivity index (χ3n) is 3.85. The Labute approximate surface area is 130 Å². The van der Waals surface area contributed by atoms with Crippen molar-refractivity contribution in [2.45, 2.75) is 37.1 Å². The largest absolute Gasteiger partial charge is 0.378 e. The van der Waals surface area contributed by atoms with Crippen molar-refractivity contribution < 1.29 is 9.53 Å². The number of nitrogens with zero attached hydrogens (tertiary/aromatic N) is 2. The number of aromatic nitrogens is 1. The highest BCUT2D eigenvalue weighted by atomic mass is 32.2. The molecule has 1 aromatic heterocycles. The molecule has 5 nitrogen and oxygen atoms in total. The van der Waals surface area contributed by atoms with E-state index in [4.69, 9.17) is 4.74 Å². The normalized spacial score (nSPS) is 22.7. The van der Waals surface area contributed by atoms with Crippen molar-refractivity contribution in [3.63, 3.8) is 0 Å². The van der Waals surface area contributed by atoms with Gasteiger partial charge in [-0.1, -0.05) is 0 Å². The molecule has 0 aromatic carbocycles. The lowest BCUT2D eigenvalue weighted by Gasteiger charge is -2.20. The topological polar surface area (TPSA) is 54.5 Å². The molecule has 1 aliphatic heterocycles. The van der Waals surface area contributed by atoms with E-state index < -0.39 is 0 Å². The number of carbonyl (C=O) groups is 1. The molecule has 0 aliphatic carbocycles. The van der Waals surface area contributed by atoms with E-state index in [9.17, 15) is 4.79 Å². The van der Waals surface area contributed by atoms with E-state index in [2.05, 4.69) is 29.0 Å². The van der Waals surface area contributed by atoms with Crippen molar-refractivity contribution >= 4 is 17.7 Å². The first-order chi connectivity index (χ1) is 10.1. The monoisotopic (exact) mass is 309 g/mol. The van der Waals surface area contributed by atoms with Crippen molar-refractivity contribution in [1.82, 2.24) is 15.2 Å². The van der Waals surface area contributed by atoms with Gasteiger partial charge >= 0.3 is 0 Å². The smallest absolute Gasteiger partial charge is 0.254 e. The highest BCUT2D eigenvalue weighted by Gasteiger charge is 2.35. The number of ether oxygens (including phenoxy) is 1. The maximum absolute atomic E-state index is 12.5. The molecule has 1 N–H and O–H groups in total. The number of likely N-dealkylation sites (tertiary alicyclic amines) is 1. The lowest BCUT2D eigenvalue weighted by Crippen LogP contribution is -2.44. The summed E-state index contributed by atoms with van der Waals surface area (Å²) in [5.41, 5.74) is 0.628. The minimum absolute atomic E-state index is 0.0137. The minimum Gasteiger partial charge on any atom is -0.378 e. The fraction of sp³-hybridized carbons (Fsp3) is 0.600. The minimum atomic E-state index is -0.0786. The molecular weight excluding hydrogens is 286 g/mol. The summed E-state index contributed by atoms with van der Waals surface area (Å²) in [6.45, 7) is 5.98. The maximum atomic E-state index is 12.5. The lowest BCUT2D eigenvalue weighted by molar-refractivity contribution is 0.0751. The number of amides is 1. The van der Waals surface area contributed by atoms with Gasteiger partial charge in [0.05, 0.1) is 17.7 Å². The van der Waals surface area contributed by atoms with Gasteiger partial charge in [0.1, 0.15) is 5.03 Å². The summed E-state index contributed by atoms with van der Waals surface area (Å²) in [7, 11) is 1.70. The number of nitrogens with one attached hydrogen (secondary N) is 1. The highest BCUT2D eigenvalue weighted by Crippen LogP contribution is 2.19. The number of hydrogen-bond acceptors (Lipinski definition) is 5. The molecule has 1 aliphatic rings. The van der Waals surface area contributed by atoms with Crippen LogP contribution in [0.15, 0.2) is 23.4 Å². The van der Waals surface area contributed by atoms with Crippen LogP contribution < -0.4 is 5.32 Å². The summed E-state index contributed by atoms with van der Waals surface area (Å²) >= 11 is 1.48. The molecule has 2 rings (SSSR count). The number of methoxy groups -OCH3 is 1. The number of pyridine rings is 1. The van der Waals surface area contributed by atoms with Gasteiger partial charge in [0, 0.05) is 32.4 Å². The van der Waals surface area contributed by atoms with E-state index >= 15 is 0 Å². The van der Waals surface area contributed by atoms with Gasteiger partial charge in [-0.25, -0.2) is 4.98 Å². The van der Waals surface area contributed by atoms with Crippen molar-refractivity contribution in [2.75, 3.05) is 26.5 Å². The van der Waals surface area contributed by atoms with E-state index in [-0.39, 0.29) is 18.1 Å². The molecule has 116 valence electrons. The first kappa shape index (κ1) is 16.3. The Morgan fingerprint density at radius 1 is 1.52 bits per heavy atom. The Morgan fingerprint density at radius 2 is 2.29 bits per heavy atom. The van der Waals surface area contributed by atoms with E-state index in [1.807, 2.05) is 12.3 Å². The molecule has 0 spiro atoms. The Kier molecular flexibility index (Phi) is 5.61. The third-order valence-corrected chi connectivity index (χ3v) is 4.57. The van der Waals surface area contributed by atoms with Gasteiger partial charge in [-0.05, 0) is 32.2 Å². The van der Waals surface area contributed by atoms with Crippen LogP contribution in [0, 0.1) is 0 Å². The summed E-state index contributed by atoms with van der Waals surface area (Å²) in [6, 6.07) is 4.06. The molecule has 6 heteroatoms. The Bertz CT molecular complexity index is 496. The van der Waals surface area contributed by atoms with Crippen LogP contribution in [0.1, 0.15) is 24.2 Å². The molecule has 0 unspecified atom stereocenters. The van der Waals surface area contributed by atoms with Gasteiger partial charge in [0.15, 0.2) is 0 Å². The Hall–Kier alpha value is -1.11. The number of carbonyl (C=O) groups excluding carboxylic acids is 1. The lowest BCUT2D eigenvalue weighted by atomic mass is 10.2. The maximum Gasteiger partial charge on any atom is 0.254 e. The Balaban J connectivity index is 2.08. The molecule has 1 amide bonds. The van der Waals surface area contributed by atoms with E-state index in [1.54, 1.807) is 19.4 Å². The van der Waals surface area contributed by atoms with Crippen LogP contribution in [0.2, 0.25) is 0 Å². The zero-order valence-corrected chi connectivity index (χ0v) is 13.8. The standard InChI is InChI=1S/C15H23N3O2S/c1-10(2)18-8-12(13(9-18)20-3)17-14(19)11-6-5-7-16-15(11)21-4/h5-7,10,12-13H,8-9H2,1-4H3,(H,17,19)/t12-,13-/m0/s1. The first-order valence-electron chi connectivity index (χ1n) is 7.13. The summed E-state index contributed by atoms with van der Waals surface area (Å²) < 4.78 is 5.52. The fourth-order valence-electron chi connectivity index (χ4n) is 2.57. The SMILES string of the molecule is CO[C@H]1CN(C(C)C)C[C@@H]1NC(=O)c1cccnc1SC. The van der Waals surface area contributed by atoms with Gasteiger partial charge in [0.25, 0.3) is 5.91 Å². The highest BCUT2D eigenvalue weighted by molar-refractivity contribution is 7.98. The summed E-state index contributed by atoms with van der Waals surface area (Å²) in [5.74, 6) is -0.0786. The number of thioether (sulfide) groups is 1. The first-order valence-corrected chi connectivity index (χ1v) is 8.36. The van der Waals surface area contributed by atoms with Crippen molar-refractivity contribution in [3.05, 3.63) is 23.9 Å².